The van der Waals surface area contributed by atoms with Crippen molar-refractivity contribution in [2.75, 3.05) is 0 Å². The number of urea groups is 1. The molecule has 3 rings (SSSR count). The molecule has 0 radical (unpaired) electrons. The standard InChI is InChI=1S/C22H24N2O4/c1-14(2)28-21(25)19-15(3)23-22(26)24-20(19)17-9-11-18(12-10-17)27-13-16-7-5-4-6-8-16/h4-12,14,20H,13H2,1-3H3,(H2,23,24,26). The van der Waals surface area contributed by atoms with E-state index in [-0.39, 0.29) is 12.1 Å². The van der Waals surface area contributed by atoms with Crippen LogP contribution in [-0.2, 0) is 16.1 Å². The average Bonchev–Trinajstić information content (AvgIpc) is 2.66. The van der Waals surface area contributed by atoms with Crippen LogP contribution in [0.3, 0.4) is 0 Å². The van der Waals surface area contributed by atoms with E-state index in [9.17, 15) is 9.59 Å². The molecule has 0 bridgehead atoms. The maximum absolute atomic E-state index is 12.5. The van der Waals surface area contributed by atoms with Crippen molar-refractivity contribution in [3.05, 3.63) is 77.0 Å². The summed E-state index contributed by atoms with van der Waals surface area (Å²) in [6.45, 7) is 5.74. The van der Waals surface area contributed by atoms with Crippen LogP contribution < -0.4 is 15.4 Å². The van der Waals surface area contributed by atoms with E-state index in [1.807, 2.05) is 54.6 Å². The Labute approximate surface area is 164 Å². The van der Waals surface area contributed by atoms with E-state index < -0.39 is 12.0 Å². The normalized spacial score (nSPS) is 16.4. The van der Waals surface area contributed by atoms with Gasteiger partial charge in [0.25, 0.3) is 0 Å². The van der Waals surface area contributed by atoms with Crippen LogP contribution in [0.2, 0.25) is 0 Å². The molecule has 0 aliphatic carbocycles. The molecular weight excluding hydrogens is 356 g/mol. The second kappa shape index (κ2) is 8.61. The maximum atomic E-state index is 12.5. The minimum Gasteiger partial charge on any atom is -0.489 e. The Morgan fingerprint density at radius 3 is 2.39 bits per heavy atom. The van der Waals surface area contributed by atoms with E-state index in [0.29, 0.717) is 23.6 Å². The topological polar surface area (TPSA) is 76.7 Å². The lowest BCUT2D eigenvalue weighted by Crippen LogP contribution is -2.45. The monoisotopic (exact) mass is 380 g/mol. The lowest BCUT2D eigenvalue weighted by molar-refractivity contribution is -0.143. The highest BCUT2D eigenvalue weighted by atomic mass is 16.5. The molecular formula is C22H24N2O4. The number of esters is 1. The van der Waals surface area contributed by atoms with Gasteiger partial charge in [-0.3, -0.25) is 0 Å². The fraction of sp³-hybridized carbons (Fsp3) is 0.273. The Balaban J connectivity index is 1.77. The number of ether oxygens (including phenoxy) is 2. The number of carbonyl (C=O) groups is 2. The molecule has 2 N–H and O–H groups in total. The van der Waals surface area contributed by atoms with Gasteiger partial charge in [0.05, 0.1) is 17.7 Å². The molecule has 0 saturated carbocycles. The molecule has 0 aromatic heterocycles. The quantitative estimate of drug-likeness (QED) is 0.747. The lowest BCUT2D eigenvalue weighted by Gasteiger charge is -2.28. The molecule has 0 fully saturated rings. The molecule has 6 nitrogen and oxygen atoms in total. The van der Waals surface area contributed by atoms with Gasteiger partial charge in [0, 0.05) is 5.70 Å². The Hall–Kier alpha value is -3.28. The molecule has 0 saturated heterocycles. The lowest BCUT2D eigenvalue weighted by atomic mass is 9.95. The summed E-state index contributed by atoms with van der Waals surface area (Å²) in [5, 5.41) is 5.43. The van der Waals surface area contributed by atoms with Gasteiger partial charge in [0.1, 0.15) is 12.4 Å². The highest BCUT2D eigenvalue weighted by Crippen LogP contribution is 2.29. The fourth-order valence-electron chi connectivity index (χ4n) is 2.99. The molecule has 146 valence electrons. The molecule has 1 unspecified atom stereocenters. The Kier molecular flexibility index (Phi) is 5.99. The Bertz CT molecular complexity index is 873. The van der Waals surface area contributed by atoms with E-state index in [2.05, 4.69) is 10.6 Å². The number of allylic oxidation sites excluding steroid dienone is 1. The summed E-state index contributed by atoms with van der Waals surface area (Å²) in [5.41, 5.74) is 2.74. The first kappa shape index (κ1) is 19.5. The second-order valence-electron chi connectivity index (χ2n) is 6.87. The van der Waals surface area contributed by atoms with Crippen LogP contribution in [0, 0.1) is 0 Å². The molecule has 2 aromatic rings. The van der Waals surface area contributed by atoms with Crippen molar-refractivity contribution >= 4 is 12.0 Å². The van der Waals surface area contributed by atoms with E-state index in [1.165, 1.54) is 0 Å². The van der Waals surface area contributed by atoms with Crippen LogP contribution in [0.1, 0.15) is 37.9 Å². The van der Waals surface area contributed by atoms with E-state index in [0.717, 1.165) is 11.1 Å². The molecule has 1 heterocycles. The van der Waals surface area contributed by atoms with E-state index in [4.69, 9.17) is 9.47 Å². The molecule has 6 heteroatoms. The van der Waals surface area contributed by atoms with E-state index in [1.54, 1.807) is 20.8 Å². The average molecular weight is 380 g/mol. The van der Waals surface area contributed by atoms with Crippen molar-refractivity contribution in [1.82, 2.24) is 10.6 Å². The van der Waals surface area contributed by atoms with Gasteiger partial charge in [-0.15, -0.1) is 0 Å². The zero-order valence-electron chi connectivity index (χ0n) is 16.2. The van der Waals surface area contributed by atoms with Crippen molar-refractivity contribution in [2.24, 2.45) is 0 Å². The smallest absolute Gasteiger partial charge is 0.338 e. The fourth-order valence-corrected chi connectivity index (χ4v) is 2.99. The van der Waals surface area contributed by atoms with Crippen LogP contribution in [0.4, 0.5) is 4.79 Å². The first-order valence-electron chi connectivity index (χ1n) is 9.20. The molecule has 2 amide bonds. The SMILES string of the molecule is CC1=C(C(=O)OC(C)C)C(c2ccc(OCc3ccccc3)cc2)NC(=O)N1. The number of carbonyl (C=O) groups excluding carboxylic acids is 2. The summed E-state index contributed by atoms with van der Waals surface area (Å²) < 4.78 is 11.1. The number of nitrogens with one attached hydrogen (secondary N) is 2. The molecule has 28 heavy (non-hydrogen) atoms. The minimum atomic E-state index is -0.580. The van der Waals surface area contributed by atoms with Crippen molar-refractivity contribution in [2.45, 2.75) is 39.5 Å². The summed E-state index contributed by atoms with van der Waals surface area (Å²) in [4.78, 5) is 24.5. The number of amides is 2. The largest absolute Gasteiger partial charge is 0.489 e. The highest BCUT2D eigenvalue weighted by Gasteiger charge is 2.32. The Morgan fingerprint density at radius 1 is 1.07 bits per heavy atom. The van der Waals surface area contributed by atoms with Crippen LogP contribution in [-0.4, -0.2) is 18.1 Å². The van der Waals surface area contributed by atoms with Gasteiger partial charge in [-0.25, -0.2) is 9.59 Å². The van der Waals surface area contributed by atoms with Crippen LogP contribution in [0.25, 0.3) is 0 Å². The zero-order valence-corrected chi connectivity index (χ0v) is 16.2. The van der Waals surface area contributed by atoms with Gasteiger partial charge in [0.15, 0.2) is 0 Å². The predicted molar refractivity (Wildman–Crippen MR) is 106 cm³/mol. The van der Waals surface area contributed by atoms with Crippen molar-refractivity contribution in [3.63, 3.8) is 0 Å². The molecule has 1 aliphatic heterocycles. The zero-order chi connectivity index (χ0) is 20.1. The van der Waals surface area contributed by atoms with Gasteiger partial charge in [-0.1, -0.05) is 42.5 Å². The first-order chi connectivity index (χ1) is 13.4. The van der Waals surface area contributed by atoms with Gasteiger partial charge in [-0.05, 0) is 44.0 Å². The molecule has 0 spiro atoms. The number of benzene rings is 2. The second-order valence-corrected chi connectivity index (χ2v) is 6.87. The molecule has 1 aliphatic rings. The van der Waals surface area contributed by atoms with Gasteiger partial charge >= 0.3 is 12.0 Å². The van der Waals surface area contributed by atoms with E-state index >= 15 is 0 Å². The summed E-state index contributed by atoms with van der Waals surface area (Å²) in [6.07, 6.45) is -0.250. The van der Waals surface area contributed by atoms with Gasteiger partial charge in [0.2, 0.25) is 0 Å². The van der Waals surface area contributed by atoms with Gasteiger partial charge < -0.3 is 20.1 Å². The third-order valence-corrected chi connectivity index (χ3v) is 4.29. The number of rotatable bonds is 6. The first-order valence-corrected chi connectivity index (χ1v) is 9.20. The number of hydrogen-bond donors (Lipinski definition) is 2. The van der Waals surface area contributed by atoms with Crippen molar-refractivity contribution in [1.29, 1.82) is 0 Å². The highest BCUT2D eigenvalue weighted by molar-refractivity contribution is 5.95. The van der Waals surface area contributed by atoms with Crippen LogP contribution in [0.5, 0.6) is 5.75 Å². The summed E-state index contributed by atoms with van der Waals surface area (Å²) in [6, 6.07) is 16.3. The van der Waals surface area contributed by atoms with Crippen molar-refractivity contribution in [3.8, 4) is 5.75 Å². The van der Waals surface area contributed by atoms with Crippen molar-refractivity contribution < 1.29 is 19.1 Å². The Morgan fingerprint density at radius 2 is 1.75 bits per heavy atom. The third kappa shape index (κ3) is 4.71. The minimum absolute atomic E-state index is 0.250. The summed E-state index contributed by atoms with van der Waals surface area (Å²) >= 11 is 0. The summed E-state index contributed by atoms with van der Waals surface area (Å²) in [7, 11) is 0. The maximum Gasteiger partial charge on any atom is 0.338 e. The summed E-state index contributed by atoms with van der Waals surface area (Å²) in [5.74, 6) is 0.259. The predicted octanol–water partition coefficient (Wildman–Crippen LogP) is 3.85. The van der Waals surface area contributed by atoms with Crippen LogP contribution in [0.15, 0.2) is 65.9 Å². The van der Waals surface area contributed by atoms with Gasteiger partial charge in [-0.2, -0.15) is 0 Å². The third-order valence-electron chi connectivity index (χ3n) is 4.29. The molecule has 1 atom stereocenters. The van der Waals surface area contributed by atoms with Crippen LogP contribution >= 0.6 is 0 Å². The number of hydrogen-bond acceptors (Lipinski definition) is 4. The molecule has 2 aromatic carbocycles.